The molecule has 2 aliphatic heterocycles. The van der Waals surface area contributed by atoms with Gasteiger partial charge in [-0.05, 0) is 108 Å². The van der Waals surface area contributed by atoms with Crippen molar-refractivity contribution in [2.45, 2.75) is 102 Å². The van der Waals surface area contributed by atoms with Crippen LogP contribution in [-0.4, -0.2) is 31.8 Å². The van der Waals surface area contributed by atoms with Crippen molar-refractivity contribution < 1.29 is 13.0 Å². The number of rotatable bonds is 11. The van der Waals surface area contributed by atoms with E-state index in [1.165, 1.54) is 55.5 Å². The predicted octanol–water partition coefficient (Wildman–Crippen LogP) is 13.0. The third-order valence-electron chi connectivity index (χ3n) is 12.7. The van der Waals surface area contributed by atoms with Gasteiger partial charge in [0.1, 0.15) is 6.54 Å². The molecule has 0 amide bonds. The second kappa shape index (κ2) is 15.4. The summed E-state index contributed by atoms with van der Waals surface area (Å²) in [6.07, 6.45) is 15.4. The SMILES string of the molecule is CCCCN1/C(=C/C=C2\CCCC(/C=C/C3=[N+](CCCC)c4ccc5ccccc5c4C3(C)C)=C2S(=O)(=O)c2ccccc2)C(C)(C)c2c1ccc1ccccc21. The Morgan fingerprint density at radius 2 is 1.33 bits per heavy atom. The molecule has 5 heteroatoms. The summed E-state index contributed by atoms with van der Waals surface area (Å²) in [5, 5.41) is 5.06. The highest BCUT2D eigenvalue weighted by Crippen LogP contribution is 2.51. The summed E-state index contributed by atoms with van der Waals surface area (Å²) in [4.78, 5) is 3.30. The van der Waals surface area contributed by atoms with E-state index in [4.69, 9.17) is 0 Å². The number of nitrogens with zero attached hydrogens (tertiary/aromatic N) is 2. The van der Waals surface area contributed by atoms with Crippen LogP contribution in [0.1, 0.15) is 97.6 Å². The molecule has 0 radical (unpaired) electrons. The molecule has 57 heavy (non-hydrogen) atoms. The number of hydrogen-bond acceptors (Lipinski definition) is 3. The highest BCUT2D eigenvalue weighted by atomic mass is 32.2. The van der Waals surface area contributed by atoms with Gasteiger partial charge in [-0.3, -0.25) is 0 Å². The maximum absolute atomic E-state index is 14.9. The molecule has 0 bridgehead atoms. The van der Waals surface area contributed by atoms with E-state index in [-0.39, 0.29) is 10.8 Å². The molecule has 1 aliphatic carbocycles. The van der Waals surface area contributed by atoms with E-state index in [0.29, 0.717) is 22.6 Å². The Kier molecular flexibility index (Phi) is 10.5. The van der Waals surface area contributed by atoms with Gasteiger partial charge in [0.2, 0.25) is 15.5 Å². The molecule has 292 valence electrons. The van der Waals surface area contributed by atoms with Gasteiger partial charge in [-0.15, -0.1) is 0 Å². The number of fused-ring (bicyclic) bond motifs is 6. The van der Waals surface area contributed by atoms with Crippen LogP contribution in [0, 0.1) is 0 Å². The largest absolute Gasteiger partial charge is 0.344 e. The first-order chi connectivity index (χ1) is 27.5. The van der Waals surface area contributed by atoms with Gasteiger partial charge in [-0.25, -0.2) is 8.42 Å². The second-order valence-electron chi connectivity index (χ2n) is 17.1. The van der Waals surface area contributed by atoms with Gasteiger partial charge in [0.15, 0.2) is 5.71 Å². The highest BCUT2D eigenvalue weighted by Gasteiger charge is 2.46. The van der Waals surface area contributed by atoms with E-state index in [1.807, 2.05) is 18.2 Å². The summed E-state index contributed by atoms with van der Waals surface area (Å²) < 4.78 is 32.4. The average molecular weight is 774 g/mol. The third-order valence-corrected chi connectivity index (χ3v) is 14.6. The van der Waals surface area contributed by atoms with Crippen LogP contribution in [0.5, 0.6) is 0 Å². The fourth-order valence-electron chi connectivity index (χ4n) is 9.83. The van der Waals surface area contributed by atoms with Crippen LogP contribution in [0.4, 0.5) is 11.4 Å². The van der Waals surface area contributed by atoms with Crippen molar-refractivity contribution in [2.75, 3.05) is 18.0 Å². The average Bonchev–Trinajstić information content (AvgIpc) is 3.58. The molecule has 5 aromatic carbocycles. The molecular weight excluding hydrogens is 717 g/mol. The molecule has 8 rings (SSSR count). The quantitative estimate of drug-likeness (QED) is 0.126. The van der Waals surface area contributed by atoms with E-state index in [2.05, 4.69) is 148 Å². The van der Waals surface area contributed by atoms with Crippen LogP contribution in [0.25, 0.3) is 21.5 Å². The summed E-state index contributed by atoms with van der Waals surface area (Å²) >= 11 is 0. The van der Waals surface area contributed by atoms with Crippen molar-refractivity contribution in [3.05, 3.63) is 160 Å². The normalized spacial score (nSPS) is 19.2. The molecule has 0 saturated heterocycles. The first kappa shape index (κ1) is 38.9. The van der Waals surface area contributed by atoms with E-state index in [0.717, 1.165) is 56.3 Å². The molecule has 0 saturated carbocycles. The van der Waals surface area contributed by atoms with Gasteiger partial charge < -0.3 is 4.90 Å². The zero-order chi connectivity index (χ0) is 40.0. The molecular formula is C52H57N2O2S+. The lowest BCUT2D eigenvalue weighted by Crippen LogP contribution is -2.28. The van der Waals surface area contributed by atoms with Crippen LogP contribution in [0.15, 0.2) is 154 Å². The summed E-state index contributed by atoms with van der Waals surface area (Å²) in [6.45, 7) is 15.6. The van der Waals surface area contributed by atoms with Crippen LogP contribution < -0.4 is 4.90 Å². The lowest BCUT2D eigenvalue weighted by Gasteiger charge is -2.27. The number of anilines is 1. The maximum Gasteiger partial charge on any atom is 0.210 e. The number of unbranched alkanes of at least 4 members (excludes halogenated alkanes) is 2. The van der Waals surface area contributed by atoms with Crippen molar-refractivity contribution >= 4 is 48.5 Å². The molecule has 0 unspecified atom stereocenters. The van der Waals surface area contributed by atoms with Gasteiger partial charge in [-0.1, -0.05) is 125 Å². The summed E-state index contributed by atoms with van der Waals surface area (Å²) in [6, 6.07) is 35.5. The fourth-order valence-corrected chi connectivity index (χ4v) is 11.6. The van der Waals surface area contributed by atoms with Crippen molar-refractivity contribution in [1.82, 2.24) is 0 Å². The molecule has 0 fully saturated rings. The summed E-state index contributed by atoms with van der Waals surface area (Å²) in [7, 11) is -3.84. The molecule has 0 atom stereocenters. The third kappa shape index (κ3) is 6.72. The molecule has 0 aromatic heterocycles. The van der Waals surface area contributed by atoms with Gasteiger partial charge in [0, 0.05) is 47.5 Å². The van der Waals surface area contributed by atoms with Crippen LogP contribution in [0.3, 0.4) is 0 Å². The van der Waals surface area contributed by atoms with Crippen molar-refractivity contribution in [3.8, 4) is 0 Å². The molecule has 2 heterocycles. The van der Waals surface area contributed by atoms with Gasteiger partial charge in [0.05, 0.1) is 15.2 Å². The van der Waals surface area contributed by atoms with Crippen molar-refractivity contribution in [1.29, 1.82) is 0 Å². The lowest BCUT2D eigenvalue weighted by atomic mass is 9.78. The topological polar surface area (TPSA) is 40.4 Å². The fraction of sp³-hybridized carbons (Fsp3) is 0.327. The predicted molar refractivity (Wildman–Crippen MR) is 241 cm³/mol. The lowest BCUT2D eigenvalue weighted by molar-refractivity contribution is -0.438. The molecule has 3 aliphatic rings. The van der Waals surface area contributed by atoms with Crippen molar-refractivity contribution in [2.24, 2.45) is 0 Å². The Balaban J connectivity index is 1.29. The minimum Gasteiger partial charge on any atom is -0.344 e. The Morgan fingerprint density at radius 1 is 0.684 bits per heavy atom. The number of sulfone groups is 1. The minimum atomic E-state index is -3.84. The number of benzene rings is 5. The molecule has 5 aromatic rings. The van der Waals surface area contributed by atoms with Crippen LogP contribution in [0.2, 0.25) is 0 Å². The van der Waals surface area contributed by atoms with Crippen molar-refractivity contribution in [3.63, 3.8) is 0 Å². The Morgan fingerprint density at radius 3 is 2.04 bits per heavy atom. The van der Waals surface area contributed by atoms with E-state index in [9.17, 15) is 8.42 Å². The zero-order valence-electron chi connectivity index (χ0n) is 34.6. The van der Waals surface area contributed by atoms with E-state index >= 15 is 0 Å². The van der Waals surface area contributed by atoms with Gasteiger partial charge >= 0.3 is 0 Å². The van der Waals surface area contributed by atoms with E-state index in [1.54, 1.807) is 12.1 Å². The summed E-state index contributed by atoms with van der Waals surface area (Å²) in [5.74, 6) is 0. The van der Waals surface area contributed by atoms with Crippen LogP contribution >= 0.6 is 0 Å². The molecule has 0 spiro atoms. The summed E-state index contributed by atoms with van der Waals surface area (Å²) in [5.41, 5.74) is 8.87. The molecule has 0 N–H and O–H groups in total. The highest BCUT2D eigenvalue weighted by molar-refractivity contribution is 7.95. The molecule has 4 nitrogen and oxygen atoms in total. The second-order valence-corrected chi connectivity index (χ2v) is 19.0. The van der Waals surface area contributed by atoms with Gasteiger partial charge in [0.25, 0.3) is 0 Å². The van der Waals surface area contributed by atoms with E-state index < -0.39 is 9.84 Å². The Labute approximate surface area is 340 Å². The monoisotopic (exact) mass is 773 g/mol. The Bertz CT molecular complexity index is 2640. The maximum atomic E-state index is 14.9. The van der Waals surface area contributed by atoms with Gasteiger partial charge in [-0.2, -0.15) is 4.58 Å². The smallest absolute Gasteiger partial charge is 0.210 e. The zero-order valence-corrected chi connectivity index (χ0v) is 35.4. The first-order valence-corrected chi connectivity index (χ1v) is 22.6. The number of allylic oxidation sites excluding steroid dienone is 7. The van der Waals surface area contributed by atoms with Crippen LogP contribution in [-0.2, 0) is 20.7 Å². The standard InChI is InChI=1S/C52H57N2O2S/c1-7-9-35-53-44-31-27-37-19-14-16-25-42(37)48(44)51(3,4)46(53)33-29-39-21-18-22-40(50(39)57(55,56)41-23-12-11-13-24-41)30-34-47-52(5,6)49-43-26-17-15-20-38(43)28-32-45(49)54(47)36-10-8-2/h11-17,19-20,23-34H,7-10,18,21-22,35-36H2,1-6H3/q+1. The Hall–Kier alpha value is -5.00. The minimum absolute atomic E-state index is 0.271. The number of hydrogen-bond donors (Lipinski definition) is 0. The first-order valence-electron chi connectivity index (χ1n) is 21.1.